The lowest BCUT2D eigenvalue weighted by Gasteiger charge is -2.02. The van der Waals surface area contributed by atoms with E-state index in [2.05, 4.69) is 30.4 Å². The summed E-state index contributed by atoms with van der Waals surface area (Å²) in [6.45, 7) is 0. The van der Waals surface area contributed by atoms with Crippen LogP contribution in [0.3, 0.4) is 0 Å². The highest BCUT2D eigenvalue weighted by molar-refractivity contribution is 5.81. The summed E-state index contributed by atoms with van der Waals surface area (Å²) in [5.41, 5.74) is 9.35. The van der Waals surface area contributed by atoms with Crippen LogP contribution >= 0.6 is 0 Å². The van der Waals surface area contributed by atoms with Crippen molar-refractivity contribution in [2.45, 2.75) is 0 Å². The molecule has 0 bridgehead atoms. The van der Waals surface area contributed by atoms with Crippen LogP contribution in [0.15, 0.2) is 18.2 Å². The van der Waals surface area contributed by atoms with Crippen molar-refractivity contribution in [3.63, 3.8) is 0 Å². The number of allylic oxidation sites excluding steroid dienone is 2. The SMILES string of the molecule is Nc1c2c(cc3c1=CC=C3)=CC=C2. The topological polar surface area (TPSA) is 26.0 Å². The standard InChI is InChI=1S/C12H9N/c13-12-10-5-1-3-8(10)7-9-4-2-6-11(9)12/h1-7H,13H2. The fourth-order valence-corrected chi connectivity index (χ4v) is 1.92. The van der Waals surface area contributed by atoms with Gasteiger partial charge in [0.25, 0.3) is 0 Å². The molecule has 0 fully saturated rings. The molecule has 0 heterocycles. The number of nitrogens with two attached hydrogens (primary N) is 1. The Morgan fingerprint density at radius 2 is 1.85 bits per heavy atom. The Morgan fingerprint density at radius 3 is 2.77 bits per heavy atom. The van der Waals surface area contributed by atoms with Crippen molar-refractivity contribution in [2.75, 3.05) is 5.73 Å². The Hall–Kier alpha value is -1.76. The van der Waals surface area contributed by atoms with Gasteiger partial charge in [-0.15, -0.1) is 0 Å². The van der Waals surface area contributed by atoms with Crippen molar-refractivity contribution < 1.29 is 0 Å². The number of benzene rings is 1. The predicted octanol–water partition coefficient (Wildman–Crippen LogP) is 0.883. The van der Waals surface area contributed by atoms with Crippen LogP contribution < -0.4 is 16.2 Å². The molecule has 62 valence electrons. The van der Waals surface area contributed by atoms with E-state index in [0.717, 1.165) is 5.69 Å². The molecule has 0 saturated heterocycles. The smallest absolute Gasteiger partial charge is 0.0473 e. The zero-order valence-corrected chi connectivity index (χ0v) is 7.12. The van der Waals surface area contributed by atoms with E-state index in [1.165, 1.54) is 21.6 Å². The van der Waals surface area contributed by atoms with Crippen LogP contribution in [0.25, 0.3) is 24.3 Å². The van der Waals surface area contributed by atoms with E-state index in [1.807, 2.05) is 12.2 Å². The molecule has 2 N–H and O–H groups in total. The van der Waals surface area contributed by atoms with E-state index in [9.17, 15) is 0 Å². The Morgan fingerprint density at radius 1 is 1.00 bits per heavy atom. The second-order valence-corrected chi connectivity index (χ2v) is 3.35. The van der Waals surface area contributed by atoms with Gasteiger partial charge in [0.1, 0.15) is 0 Å². The summed E-state index contributed by atoms with van der Waals surface area (Å²) in [4.78, 5) is 0. The largest absolute Gasteiger partial charge is 0.398 e. The van der Waals surface area contributed by atoms with Gasteiger partial charge >= 0.3 is 0 Å². The van der Waals surface area contributed by atoms with Crippen molar-refractivity contribution in [1.82, 2.24) is 0 Å². The van der Waals surface area contributed by atoms with Crippen LogP contribution in [0.1, 0.15) is 11.1 Å². The monoisotopic (exact) mass is 167 g/mol. The predicted molar refractivity (Wildman–Crippen MR) is 57.1 cm³/mol. The molecular weight excluding hydrogens is 158 g/mol. The molecule has 1 aromatic carbocycles. The molecule has 0 aromatic heterocycles. The van der Waals surface area contributed by atoms with Gasteiger partial charge in [-0.1, -0.05) is 36.5 Å². The first-order valence-electron chi connectivity index (χ1n) is 4.35. The summed E-state index contributed by atoms with van der Waals surface area (Å²) in [6, 6.07) is 2.18. The molecule has 0 radical (unpaired) electrons. The minimum Gasteiger partial charge on any atom is -0.398 e. The first-order chi connectivity index (χ1) is 6.36. The minimum atomic E-state index is 0.905. The maximum Gasteiger partial charge on any atom is 0.0473 e. The van der Waals surface area contributed by atoms with E-state index in [0.29, 0.717) is 0 Å². The van der Waals surface area contributed by atoms with Gasteiger partial charge in [-0.05, 0) is 16.8 Å². The maximum absolute atomic E-state index is 6.04. The number of rotatable bonds is 0. The van der Waals surface area contributed by atoms with Gasteiger partial charge in [0.2, 0.25) is 0 Å². The fraction of sp³-hybridized carbons (Fsp3) is 0. The Labute approximate surface area is 76.2 Å². The molecule has 1 nitrogen and oxygen atoms in total. The van der Waals surface area contributed by atoms with Gasteiger partial charge in [-0.3, -0.25) is 0 Å². The van der Waals surface area contributed by atoms with Crippen molar-refractivity contribution >= 4 is 30.0 Å². The Kier molecular flexibility index (Phi) is 1.10. The third kappa shape index (κ3) is 0.760. The molecule has 2 aliphatic rings. The molecule has 0 saturated carbocycles. The quantitative estimate of drug-likeness (QED) is 0.570. The third-order valence-corrected chi connectivity index (χ3v) is 2.59. The minimum absolute atomic E-state index is 0.905. The van der Waals surface area contributed by atoms with Gasteiger partial charge < -0.3 is 5.73 Å². The fourth-order valence-electron chi connectivity index (χ4n) is 1.92. The molecule has 0 aliphatic heterocycles. The van der Waals surface area contributed by atoms with Crippen LogP contribution in [-0.4, -0.2) is 0 Å². The van der Waals surface area contributed by atoms with Gasteiger partial charge in [0.05, 0.1) is 0 Å². The number of hydrogen-bond donors (Lipinski definition) is 1. The highest BCUT2D eigenvalue weighted by Crippen LogP contribution is 2.13. The van der Waals surface area contributed by atoms with Crippen LogP contribution in [0.5, 0.6) is 0 Å². The van der Waals surface area contributed by atoms with E-state index < -0.39 is 0 Å². The first-order valence-corrected chi connectivity index (χ1v) is 4.35. The summed E-state index contributed by atoms with van der Waals surface area (Å²) < 4.78 is 0. The second kappa shape index (κ2) is 2.13. The van der Waals surface area contributed by atoms with Gasteiger partial charge in [-0.2, -0.15) is 0 Å². The molecular formula is C12H9N. The highest BCUT2D eigenvalue weighted by atomic mass is 14.6. The van der Waals surface area contributed by atoms with E-state index in [4.69, 9.17) is 5.73 Å². The summed E-state index contributed by atoms with van der Waals surface area (Å²) in [5, 5.41) is 2.40. The molecule has 0 unspecified atom stereocenters. The third-order valence-electron chi connectivity index (χ3n) is 2.59. The molecule has 1 aromatic rings. The van der Waals surface area contributed by atoms with Crippen molar-refractivity contribution in [3.8, 4) is 0 Å². The average molecular weight is 167 g/mol. The normalized spacial score (nSPS) is 15.1. The van der Waals surface area contributed by atoms with Gasteiger partial charge in [-0.25, -0.2) is 0 Å². The lowest BCUT2D eigenvalue weighted by Crippen LogP contribution is -2.19. The number of fused-ring (bicyclic) bond motifs is 2. The van der Waals surface area contributed by atoms with Gasteiger partial charge in [0, 0.05) is 16.5 Å². The first kappa shape index (κ1) is 6.72. The van der Waals surface area contributed by atoms with Crippen LogP contribution in [-0.2, 0) is 0 Å². The maximum atomic E-state index is 6.04. The molecule has 0 atom stereocenters. The van der Waals surface area contributed by atoms with Crippen molar-refractivity contribution in [3.05, 3.63) is 39.8 Å². The number of nitrogen functional groups attached to an aromatic ring is 1. The number of hydrogen-bond acceptors (Lipinski definition) is 1. The molecule has 2 aliphatic carbocycles. The number of anilines is 1. The molecule has 1 heteroatoms. The van der Waals surface area contributed by atoms with Crippen molar-refractivity contribution in [1.29, 1.82) is 0 Å². The summed E-state index contributed by atoms with van der Waals surface area (Å²) in [6.07, 6.45) is 12.4. The van der Waals surface area contributed by atoms with E-state index in [-0.39, 0.29) is 0 Å². The molecule has 0 spiro atoms. The van der Waals surface area contributed by atoms with Crippen LogP contribution in [0.4, 0.5) is 5.69 Å². The van der Waals surface area contributed by atoms with E-state index >= 15 is 0 Å². The molecule has 3 rings (SSSR count). The summed E-state index contributed by atoms with van der Waals surface area (Å²) in [7, 11) is 0. The molecule has 0 amide bonds. The molecule has 13 heavy (non-hydrogen) atoms. The lowest BCUT2D eigenvalue weighted by molar-refractivity contribution is 1.51. The average Bonchev–Trinajstić information content (AvgIpc) is 2.71. The van der Waals surface area contributed by atoms with Crippen LogP contribution in [0.2, 0.25) is 0 Å². The zero-order chi connectivity index (χ0) is 8.84. The summed E-state index contributed by atoms with van der Waals surface area (Å²) in [5.74, 6) is 0. The van der Waals surface area contributed by atoms with Crippen LogP contribution in [0, 0.1) is 0 Å². The Bertz CT molecular complexity index is 560. The highest BCUT2D eigenvalue weighted by Gasteiger charge is 2.07. The second-order valence-electron chi connectivity index (χ2n) is 3.35. The zero-order valence-electron chi connectivity index (χ0n) is 7.12. The van der Waals surface area contributed by atoms with Gasteiger partial charge in [0.15, 0.2) is 0 Å². The van der Waals surface area contributed by atoms with Crippen molar-refractivity contribution in [2.24, 2.45) is 0 Å². The van der Waals surface area contributed by atoms with E-state index in [1.54, 1.807) is 0 Å². The Balaban J connectivity index is 2.56. The lowest BCUT2D eigenvalue weighted by atomic mass is 10.1. The summed E-state index contributed by atoms with van der Waals surface area (Å²) >= 11 is 0.